The monoisotopic (exact) mass is 932 g/mol. The summed E-state index contributed by atoms with van der Waals surface area (Å²) < 4.78 is 24.9. The van der Waals surface area contributed by atoms with E-state index >= 15 is 0 Å². The van der Waals surface area contributed by atoms with E-state index in [0.29, 0.717) is 35.9 Å². The molecule has 10 atom stereocenters. The van der Waals surface area contributed by atoms with Gasteiger partial charge in [-0.1, -0.05) is 112 Å². The van der Waals surface area contributed by atoms with Gasteiger partial charge in [0.2, 0.25) is 0 Å². The standard InChI is InChI=1S/C57H109NO6Si/c1-9-11-13-15-18-25-44-63-55(28-20-16-14-12-10-2)64-65(7,8)45-27-19-17-21-39-58(40-22-24-42-59)41-23-26-43-62-54(60)34-29-47(3)51-32-33-52-50-31-30-48-46-49(61-6)35-37-56(48,4)53(50)36-38-57(51,52)5/h47-53,55,59H,9-46H2,1-8H3/t47-,48?,49-,50?,51?,52?,53?,55?,56+,57-/m1/s1. The lowest BCUT2D eigenvalue weighted by Crippen LogP contribution is -2.54. The highest BCUT2D eigenvalue weighted by atomic mass is 28.4. The molecule has 0 aromatic carbocycles. The van der Waals surface area contributed by atoms with Crippen molar-refractivity contribution >= 4 is 14.3 Å². The molecule has 65 heavy (non-hydrogen) atoms. The maximum absolute atomic E-state index is 13.0. The summed E-state index contributed by atoms with van der Waals surface area (Å²) in [6, 6.07) is 1.20. The Kier molecular flexibility index (Phi) is 27.2. The van der Waals surface area contributed by atoms with Crippen LogP contribution < -0.4 is 0 Å². The van der Waals surface area contributed by atoms with Crippen molar-refractivity contribution in [1.82, 2.24) is 4.90 Å². The molecule has 0 radical (unpaired) electrons. The van der Waals surface area contributed by atoms with Crippen molar-refractivity contribution in [3.8, 4) is 0 Å². The van der Waals surface area contributed by atoms with E-state index in [1.165, 1.54) is 154 Å². The highest BCUT2D eigenvalue weighted by Gasteiger charge is 2.60. The molecule has 4 rings (SSSR count). The number of nitrogens with zero attached hydrogens (tertiary/aromatic N) is 1. The summed E-state index contributed by atoms with van der Waals surface area (Å²) in [6.07, 6.45) is 38.4. The van der Waals surface area contributed by atoms with Crippen LogP contribution in [0.4, 0.5) is 0 Å². The van der Waals surface area contributed by atoms with Crippen molar-refractivity contribution < 1.29 is 28.5 Å². The summed E-state index contributed by atoms with van der Waals surface area (Å²) in [5.41, 5.74) is 0.952. The van der Waals surface area contributed by atoms with Gasteiger partial charge in [-0.15, -0.1) is 0 Å². The third-order valence-corrected chi connectivity index (χ3v) is 20.8. The summed E-state index contributed by atoms with van der Waals surface area (Å²) in [5.74, 6) is 4.85. The Morgan fingerprint density at radius 2 is 1.31 bits per heavy atom. The second kappa shape index (κ2) is 31.0. The Morgan fingerprint density at radius 3 is 2.03 bits per heavy atom. The van der Waals surface area contributed by atoms with Crippen molar-refractivity contribution in [3.63, 3.8) is 0 Å². The Bertz CT molecular complexity index is 1250. The van der Waals surface area contributed by atoms with Gasteiger partial charge in [0.1, 0.15) is 6.29 Å². The number of carbonyl (C=O) groups is 1. The molecule has 382 valence electrons. The minimum Gasteiger partial charge on any atom is -0.466 e. The van der Waals surface area contributed by atoms with Crippen LogP contribution in [0.15, 0.2) is 0 Å². The quantitative estimate of drug-likeness (QED) is 0.0288. The number of unbranched alkanes of at least 4 members (excludes halogenated alkanes) is 14. The number of ether oxygens (including phenoxy) is 3. The van der Waals surface area contributed by atoms with Crippen LogP contribution in [-0.2, 0) is 23.4 Å². The molecule has 1 N–H and O–H groups in total. The Morgan fingerprint density at radius 1 is 0.692 bits per heavy atom. The molecule has 0 heterocycles. The molecule has 0 spiro atoms. The number of aliphatic hydroxyl groups excluding tert-OH is 1. The molecule has 0 aromatic rings. The minimum absolute atomic E-state index is 0.00762. The highest BCUT2D eigenvalue weighted by Crippen LogP contribution is 2.68. The van der Waals surface area contributed by atoms with Gasteiger partial charge in [0.05, 0.1) is 12.7 Å². The average molecular weight is 933 g/mol. The zero-order valence-corrected chi connectivity index (χ0v) is 45.4. The maximum atomic E-state index is 13.0. The molecule has 7 nitrogen and oxygen atoms in total. The first-order valence-electron chi connectivity index (χ1n) is 28.7. The summed E-state index contributed by atoms with van der Waals surface area (Å²) >= 11 is 0. The molecule has 4 fully saturated rings. The fourth-order valence-corrected chi connectivity index (χ4v) is 16.4. The first-order chi connectivity index (χ1) is 31.4. The molecule has 0 amide bonds. The van der Waals surface area contributed by atoms with Crippen molar-refractivity contribution in [1.29, 1.82) is 0 Å². The van der Waals surface area contributed by atoms with Crippen molar-refractivity contribution in [2.75, 3.05) is 46.6 Å². The van der Waals surface area contributed by atoms with E-state index in [-0.39, 0.29) is 18.9 Å². The van der Waals surface area contributed by atoms with Crippen molar-refractivity contribution in [3.05, 3.63) is 0 Å². The molecule has 0 bridgehead atoms. The van der Waals surface area contributed by atoms with E-state index in [1.807, 2.05) is 7.11 Å². The highest BCUT2D eigenvalue weighted by molar-refractivity contribution is 6.71. The van der Waals surface area contributed by atoms with Crippen LogP contribution in [0.3, 0.4) is 0 Å². The van der Waals surface area contributed by atoms with Gasteiger partial charge in [0.25, 0.3) is 0 Å². The van der Waals surface area contributed by atoms with Gasteiger partial charge in [-0.2, -0.15) is 0 Å². The van der Waals surface area contributed by atoms with E-state index < -0.39 is 8.32 Å². The lowest BCUT2D eigenvalue weighted by atomic mass is 9.44. The number of carbonyl (C=O) groups excluding carboxylic acids is 1. The van der Waals surface area contributed by atoms with Crippen LogP contribution in [0.1, 0.15) is 234 Å². The molecule has 0 saturated heterocycles. The number of methoxy groups -OCH3 is 1. The van der Waals surface area contributed by atoms with Crippen LogP contribution in [0.25, 0.3) is 0 Å². The summed E-state index contributed by atoms with van der Waals surface area (Å²) in [4.78, 5) is 15.6. The molecule has 0 aliphatic heterocycles. The first kappa shape index (κ1) is 57.1. The fourth-order valence-electron chi connectivity index (χ4n) is 14.3. The largest absolute Gasteiger partial charge is 0.466 e. The lowest BCUT2D eigenvalue weighted by Gasteiger charge is -2.61. The smallest absolute Gasteiger partial charge is 0.305 e. The number of fused-ring (bicyclic) bond motifs is 5. The van der Waals surface area contributed by atoms with Gasteiger partial charge in [-0.25, -0.2) is 0 Å². The van der Waals surface area contributed by atoms with E-state index in [1.54, 1.807) is 0 Å². The lowest BCUT2D eigenvalue weighted by molar-refractivity contribution is -0.144. The summed E-state index contributed by atoms with van der Waals surface area (Å²) in [6.45, 7) is 22.0. The normalized spacial score (nSPS) is 28.8. The van der Waals surface area contributed by atoms with Crippen LogP contribution in [0.2, 0.25) is 19.1 Å². The number of rotatable bonds is 37. The topological polar surface area (TPSA) is 77.5 Å². The zero-order valence-electron chi connectivity index (χ0n) is 44.4. The van der Waals surface area contributed by atoms with E-state index in [4.69, 9.17) is 18.6 Å². The summed E-state index contributed by atoms with van der Waals surface area (Å²) in [5, 5.41) is 9.45. The maximum Gasteiger partial charge on any atom is 0.305 e. The van der Waals surface area contributed by atoms with Crippen LogP contribution in [0.5, 0.6) is 0 Å². The fraction of sp³-hybridized carbons (Fsp3) is 0.982. The van der Waals surface area contributed by atoms with Crippen molar-refractivity contribution in [2.45, 2.75) is 265 Å². The predicted octanol–water partition coefficient (Wildman–Crippen LogP) is 15.3. The second-order valence-electron chi connectivity index (χ2n) is 23.5. The van der Waals surface area contributed by atoms with E-state index in [2.05, 4.69) is 52.6 Å². The second-order valence-corrected chi connectivity index (χ2v) is 27.8. The number of aliphatic hydroxyl groups is 1. The van der Waals surface area contributed by atoms with Gasteiger partial charge in [-0.3, -0.25) is 4.79 Å². The summed E-state index contributed by atoms with van der Waals surface area (Å²) in [7, 11) is 0.116. The van der Waals surface area contributed by atoms with Gasteiger partial charge in [0, 0.05) is 26.7 Å². The third kappa shape index (κ3) is 19.0. The first-order valence-corrected chi connectivity index (χ1v) is 31.8. The van der Waals surface area contributed by atoms with Crippen LogP contribution >= 0.6 is 0 Å². The van der Waals surface area contributed by atoms with Gasteiger partial charge in [0.15, 0.2) is 8.32 Å². The molecule has 4 aliphatic rings. The van der Waals surface area contributed by atoms with Gasteiger partial charge >= 0.3 is 5.97 Å². The molecule has 8 heteroatoms. The predicted molar refractivity (Wildman–Crippen MR) is 276 cm³/mol. The number of esters is 1. The minimum atomic E-state index is -1.80. The number of hydrogen-bond donors (Lipinski definition) is 1. The molecule has 6 unspecified atom stereocenters. The third-order valence-electron chi connectivity index (χ3n) is 18.3. The van der Waals surface area contributed by atoms with E-state index in [9.17, 15) is 9.90 Å². The van der Waals surface area contributed by atoms with Gasteiger partial charge < -0.3 is 28.6 Å². The Balaban J connectivity index is 1.09. The number of hydrogen-bond acceptors (Lipinski definition) is 7. The molecular weight excluding hydrogens is 823 g/mol. The molecular formula is C57H109NO6Si. The molecule has 4 aliphatic carbocycles. The Labute approximate surface area is 404 Å². The molecule has 4 saturated carbocycles. The Hall–Kier alpha value is -0.513. The van der Waals surface area contributed by atoms with Gasteiger partial charge in [-0.05, 0) is 201 Å². The van der Waals surface area contributed by atoms with E-state index in [0.717, 1.165) is 101 Å². The van der Waals surface area contributed by atoms with Crippen LogP contribution in [0, 0.1) is 46.3 Å². The molecule has 0 aromatic heterocycles. The average Bonchev–Trinajstić information content (AvgIpc) is 3.65. The zero-order chi connectivity index (χ0) is 47.0. The van der Waals surface area contributed by atoms with Crippen molar-refractivity contribution in [2.24, 2.45) is 46.3 Å². The van der Waals surface area contributed by atoms with Crippen LogP contribution in [-0.4, -0.2) is 83.3 Å². The SMILES string of the molecule is CCCCCCCCOC(CCCCCCC)O[Si](C)(C)CCCCCCN(CCCCO)CCCCOC(=O)CC[C@@H](C)C1CCC2C3CCC4C[C@H](OC)CC[C@]4(C)C3CC[C@@]21C.